The number of non-ortho nitro benzene ring substituents is 1. The summed E-state index contributed by atoms with van der Waals surface area (Å²) in [6.07, 6.45) is 1.70. The predicted octanol–water partition coefficient (Wildman–Crippen LogP) is 1.87. The lowest BCUT2D eigenvalue weighted by Crippen LogP contribution is -2.41. The standard InChI is InChI=1S/C14H18FN3O3/c1-9-6-11(18(20)21)7-12(13(9)15)14(19)17-5-3-4-10(17)8-16-2/h6-7,10,16H,3-5,8H2,1-2H3. The van der Waals surface area contributed by atoms with Gasteiger partial charge in [-0.3, -0.25) is 14.9 Å². The molecule has 0 radical (unpaired) electrons. The Morgan fingerprint density at radius 3 is 2.90 bits per heavy atom. The molecule has 6 nitrogen and oxygen atoms in total. The van der Waals surface area contributed by atoms with E-state index in [4.69, 9.17) is 0 Å². The summed E-state index contributed by atoms with van der Waals surface area (Å²) in [4.78, 5) is 24.4. The van der Waals surface area contributed by atoms with Gasteiger partial charge in [0.05, 0.1) is 10.5 Å². The van der Waals surface area contributed by atoms with Crippen molar-refractivity contribution in [2.45, 2.75) is 25.8 Å². The predicted molar refractivity (Wildman–Crippen MR) is 75.8 cm³/mol. The van der Waals surface area contributed by atoms with Crippen molar-refractivity contribution in [1.82, 2.24) is 10.2 Å². The lowest BCUT2D eigenvalue weighted by molar-refractivity contribution is -0.385. The van der Waals surface area contributed by atoms with Crippen LogP contribution in [0.25, 0.3) is 0 Å². The van der Waals surface area contributed by atoms with Crippen LogP contribution in [-0.2, 0) is 0 Å². The molecule has 1 fully saturated rings. The molecule has 1 heterocycles. The summed E-state index contributed by atoms with van der Waals surface area (Å²) < 4.78 is 14.2. The molecule has 0 bridgehead atoms. The molecule has 0 aliphatic carbocycles. The molecule has 1 aliphatic rings. The van der Waals surface area contributed by atoms with Crippen LogP contribution >= 0.6 is 0 Å². The first-order valence-corrected chi connectivity index (χ1v) is 6.85. The quantitative estimate of drug-likeness (QED) is 0.679. The Balaban J connectivity index is 2.36. The Morgan fingerprint density at radius 1 is 1.57 bits per heavy atom. The van der Waals surface area contributed by atoms with E-state index in [0.29, 0.717) is 13.1 Å². The normalized spacial score (nSPS) is 18.0. The average molecular weight is 295 g/mol. The molecule has 21 heavy (non-hydrogen) atoms. The van der Waals surface area contributed by atoms with Gasteiger partial charge in [0.15, 0.2) is 0 Å². The van der Waals surface area contributed by atoms with Crippen LogP contribution in [0.5, 0.6) is 0 Å². The van der Waals surface area contributed by atoms with E-state index in [9.17, 15) is 19.3 Å². The SMILES string of the molecule is CNCC1CCCN1C(=O)c1cc([N+](=O)[O-])cc(C)c1F. The number of amides is 1. The third-order valence-corrected chi connectivity index (χ3v) is 3.76. The molecular formula is C14H18FN3O3. The first-order valence-electron chi connectivity index (χ1n) is 6.85. The number of rotatable bonds is 4. The third kappa shape index (κ3) is 3.02. The molecule has 1 aliphatic heterocycles. The number of halogens is 1. The van der Waals surface area contributed by atoms with Gasteiger partial charge in [-0.15, -0.1) is 0 Å². The van der Waals surface area contributed by atoms with E-state index in [1.165, 1.54) is 6.92 Å². The molecule has 1 atom stereocenters. The monoisotopic (exact) mass is 295 g/mol. The van der Waals surface area contributed by atoms with Crippen LogP contribution in [0.2, 0.25) is 0 Å². The summed E-state index contributed by atoms with van der Waals surface area (Å²) in [5.41, 5.74) is -0.372. The van der Waals surface area contributed by atoms with Crippen LogP contribution in [0.15, 0.2) is 12.1 Å². The minimum Gasteiger partial charge on any atom is -0.334 e. The maximum absolute atomic E-state index is 14.2. The number of hydrogen-bond acceptors (Lipinski definition) is 4. The van der Waals surface area contributed by atoms with Crippen molar-refractivity contribution in [2.24, 2.45) is 0 Å². The summed E-state index contributed by atoms with van der Waals surface area (Å²) in [6.45, 7) is 2.60. The van der Waals surface area contributed by atoms with Gasteiger partial charge in [-0.05, 0) is 32.4 Å². The Bertz CT molecular complexity index is 577. The van der Waals surface area contributed by atoms with Crippen molar-refractivity contribution in [3.05, 3.63) is 39.2 Å². The van der Waals surface area contributed by atoms with E-state index < -0.39 is 16.6 Å². The number of carbonyl (C=O) groups excluding carboxylic acids is 1. The van der Waals surface area contributed by atoms with Gasteiger partial charge in [-0.25, -0.2) is 4.39 Å². The number of carbonyl (C=O) groups is 1. The first-order chi connectivity index (χ1) is 9.95. The second kappa shape index (κ2) is 6.17. The topological polar surface area (TPSA) is 75.5 Å². The molecule has 1 N–H and O–H groups in total. The van der Waals surface area contributed by atoms with Crippen molar-refractivity contribution in [2.75, 3.05) is 20.1 Å². The second-order valence-corrected chi connectivity index (χ2v) is 5.23. The second-order valence-electron chi connectivity index (χ2n) is 5.23. The largest absolute Gasteiger partial charge is 0.334 e. The number of likely N-dealkylation sites (tertiary alicyclic amines) is 1. The highest BCUT2D eigenvalue weighted by Crippen LogP contribution is 2.25. The van der Waals surface area contributed by atoms with E-state index in [1.54, 1.807) is 11.9 Å². The fourth-order valence-electron chi connectivity index (χ4n) is 2.72. The van der Waals surface area contributed by atoms with Crippen LogP contribution in [0.3, 0.4) is 0 Å². The van der Waals surface area contributed by atoms with Gasteiger partial charge in [-0.2, -0.15) is 0 Å². The van der Waals surface area contributed by atoms with Gasteiger partial charge in [-0.1, -0.05) is 0 Å². The summed E-state index contributed by atoms with van der Waals surface area (Å²) in [7, 11) is 1.79. The van der Waals surface area contributed by atoms with Crippen molar-refractivity contribution in [1.29, 1.82) is 0 Å². The molecule has 1 saturated heterocycles. The fraction of sp³-hybridized carbons (Fsp3) is 0.500. The van der Waals surface area contributed by atoms with E-state index >= 15 is 0 Å². The third-order valence-electron chi connectivity index (χ3n) is 3.76. The smallest absolute Gasteiger partial charge is 0.270 e. The summed E-state index contributed by atoms with van der Waals surface area (Å²) >= 11 is 0. The van der Waals surface area contributed by atoms with Crippen LogP contribution in [0.1, 0.15) is 28.8 Å². The number of likely N-dealkylation sites (N-methyl/N-ethyl adjacent to an activating group) is 1. The van der Waals surface area contributed by atoms with Gasteiger partial charge in [0.25, 0.3) is 11.6 Å². The van der Waals surface area contributed by atoms with Crippen LogP contribution < -0.4 is 5.32 Å². The van der Waals surface area contributed by atoms with E-state index in [-0.39, 0.29) is 22.9 Å². The van der Waals surface area contributed by atoms with Gasteiger partial charge in [0.1, 0.15) is 5.82 Å². The van der Waals surface area contributed by atoms with Gasteiger partial charge in [0.2, 0.25) is 0 Å². The van der Waals surface area contributed by atoms with Crippen molar-refractivity contribution >= 4 is 11.6 Å². The molecule has 1 amide bonds. The maximum atomic E-state index is 14.2. The van der Waals surface area contributed by atoms with Crippen molar-refractivity contribution < 1.29 is 14.1 Å². The van der Waals surface area contributed by atoms with E-state index in [0.717, 1.165) is 25.0 Å². The molecular weight excluding hydrogens is 277 g/mol. The minimum absolute atomic E-state index is 0.00136. The number of nitrogens with one attached hydrogen (secondary N) is 1. The summed E-state index contributed by atoms with van der Waals surface area (Å²) in [6, 6.07) is 2.17. The Kier molecular flexibility index (Phi) is 4.52. The number of nitrogens with zero attached hydrogens (tertiary/aromatic N) is 2. The highest BCUT2D eigenvalue weighted by Gasteiger charge is 2.31. The Morgan fingerprint density at radius 2 is 2.29 bits per heavy atom. The van der Waals surface area contributed by atoms with E-state index in [1.807, 2.05) is 0 Å². The van der Waals surface area contributed by atoms with Crippen molar-refractivity contribution in [3.8, 4) is 0 Å². The number of hydrogen-bond donors (Lipinski definition) is 1. The number of aryl methyl sites for hydroxylation is 1. The molecule has 0 aromatic heterocycles. The van der Waals surface area contributed by atoms with Crippen LogP contribution in [-0.4, -0.2) is 41.9 Å². The van der Waals surface area contributed by atoms with Gasteiger partial charge >= 0.3 is 0 Å². The zero-order chi connectivity index (χ0) is 15.6. The summed E-state index contributed by atoms with van der Waals surface area (Å²) in [5.74, 6) is -1.15. The molecule has 0 spiro atoms. The van der Waals surface area contributed by atoms with Gasteiger partial charge < -0.3 is 10.2 Å². The lowest BCUT2D eigenvalue weighted by Gasteiger charge is -2.25. The molecule has 2 rings (SSSR count). The molecule has 7 heteroatoms. The lowest BCUT2D eigenvalue weighted by atomic mass is 10.1. The molecule has 114 valence electrons. The van der Waals surface area contributed by atoms with Crippen molar-refractivity contribution in [3.63, 3.8) is 0 Å². The highest BCUT2D eigenvalue weighted by atomic mass is 19.1. The number of benzene rings is 1. The van der Waals surface area contributed by atoms with E-state index in [2.05, 4.69) is 5.32 Å². The molecule has 1 unspecified atom stereocenters. The number of nitro groups is 1. The zero-order valence-electron chi connectivity index (χ0n) is 12.1. The molecule has 1 aromatic carbocycles. The number of nitro benzene ring substituents is 1. The van der Waals surface area contributed by atoms with Crippen LogP contribution in [0.4, 0.5) is 10.1 Å². The Labute approximate surface area is 122 Å². The maximum Gasteiger partial charge on any atom is 0.270 e. The average Bonchev–Trinajstić information content (AvgIpc) is 2.89. The zero-order valence-corrected chi connectivity index (χ0v) is 12.1. The Hall–Kier alpha value is -2.02. The first kappa shape index (κ1) is 15.4. The molecule has 0 saturated carbocycles. The van der Waals surface area contributed by atoms with Crippen LogP contribution in [0, 0.1) is 22.9 Å². The fourth-order valence-corrected chi connectivity index (χ4v) is 2.72. The van der Waals surface area contributed by atoms with Gasteiger partial charge in [0, 0.05) is 31.3 Å². The molecule has 1 aromatic rings. The summed E-state index contributed by atoms with van der Waals surface area (Å²) in [5, 5.41) is 13.9. The highest BCUT2D eigenvalue weighted by molar-refractivity contribution is 5.95. The minimum atomic E-state index is -0.680.